The zero-order valence-electron chi connectivity index (χ0n) is 10.4. The molecule has 0 fully saturated rings. The Hall–Kier alpha value is -2.42. The fourth-order valence-corrected chi connectivity index (χ4v) is 2.05. The van der Waals surface area contributed by atoms with E-state index >= 15 is 0 Å². The van der Waals surface area contributed by atoms with Crippen LogP contribution in [0.3, 0.4) is 0 Å². The van der Waals surface area contributed by atoms with E-state index in [4.69, 9.17) is 0 Å². The molecule has 0 N–H and O–H groups in total. The molecule has 1 aromatic heterocycles. The molecule has 1 heterocycles. The Balaban J connectivity index is 1.82. The van der Waals surface area contributed by atoms with Gasteiger partial charge in [0, 0.05) is 0 Å². The van der Waals surface area contributed by atoms with Crippen molar-refractivity contribution in [3.63, 3.8) is 0 Å². The summed E-state index contributed by atoms with van der Waals surface area (Å²) < 4.78 is 17.0. The van der Waals surface area contributed by atoms with E-state index in [0.29, 0.717) is 0 Å². The van der Waals surface area contributed by atoms with Crippen LogP contribution >= 0.6 is 0 Å². The van der Waals surface area contributed by atoms with E-state index in [1.54, 1.807) is 12.1 Å². The van der Waals surface area contributed by atoms with Gasteiger partial charge in [0.05, 0.1) is 0 Å². The Morgan fingerprint density at radius 1 is 0.947 bits per heavy atom. The lowest BCUT2D eigenvalue weighted by molar-refractivity contribution is -0.687. The molecule has 0 saturated carbocycles. The number of halogens is 1. The van der Waals surface area contributed by atoms with Crippen LogP contribution in [-0.4, -0.2) is 4.57 Å². The first-order valence-electron chi connectivity index (χ1n) is 6.18. The maximum absolute atomic E-state index is 12.9. The number of hydrogen-bond acceptors (Lipinski definition) is 0. The maximum atomic E-state index is 12.9. The summed E-state index contributed by atoms with van der Waals surface area (Å²) >= 11 is 0. The molecule has 0 saturated heterocycles. The second kappa shape index (κ2) is 5.06. The molecule has 3 rings (SSSR count). The summed E-state index contributed by atoms with van der Waals surface area (Å²) in [5.41, 5.74) is 2.21. The lowest BCUT2D eigenvalue weighted by Gasteiger charge is -1.97. The Bertz CT molecular complexity index is 657. The summed E-state index contributed by atoms with van der Waals surface area (Å²) in [6.45, 7) is 0.828. The Morgan fingerprint density at radius 2 is 1.68 bits per heavy atom. The van der Waals surface area contributed by atoms with Gasteiger partial charge in [0.1, 0.15) is 30.4 Å². The molecule has 94 valence electrons. The molecular weight excluding hydrogens is 239 g/mol. The first kappa shape index (κ1) is 11.7. The number of hydrogen-bond donors (Lipinski definition) is 0. The molecular formula is C16H14FN2+. The first-order valence-corrected chi connectivity index (χ1v) is 6.18. The van der Waals surface area contributed by atoms with Crippen LogP contribution in [0.5, 0.6) is 0 Å². The summed E-state index contributed by atoms with van der Waals surface area (Å²) in [5.74, 6) is -0.215. The van der Waals surface area contributed by atoms with Crippen LogP contribution in [-0.2, 0) is 6.54 Å². The molecule has 0 radical (unpaired) electrons. The molecule has 0 atom stereocenters. The first-order chi connectivity index (χ1) is 9.31. The van der Waals surface area contributed by atoms with E-state index in [9.17, 15) is 4.39 Å². The standard InChI is InChI=1S/C16H14FN2/c17-15-6-8-16(9-7-15)19-11-10-18(13-19)12-14-4-2-1-3-5-14/h1-11,13H,12H2/q+1. The summed E-state index contributed by atoms with van der Waals surface area (Å²) in [6.07, 6.45) is 5.98. The van der Waals surface area contributed by atoms with Crippen molar-refractivity contribution in [2.75, 3.05) is 0 Å². The van der Waals surface area contributed by atoms with Gasteiger partial charge in [-0.3, -0.25) is 0 Å². The molecule has 0 bridgehead atoms. The molecule has 0 amide bonds. The third-order valence-corrected chi connectivity index (χ3v) is 3.02. The maximum Gasteiger partial charge on any atom is 0.249 e. The molecule has 0 aliphatic heterocycles. The summed E-state index contributed by atoms with van der Waals surface area (Å²) in [5, 5.41) is 0. The van der Waals surface area contributed by atoms with Crippen molar-refractivity contribution in [1.29, 1.82) is 0 Å². The van der Waals surface area contributed by atoms with Gasteiger partial charge in [0.15, 0.2) is 0 Å². The van der Waals surface area contributed by atoms with Gasteiger partial charge in [-0.2, -0.15) is 0 Å². The van der Waals surface area contributed by atoms with Crippen LogP contribution < -0.4 is 4.57 Å². The van der Waals surface area contributed by atoms with E-state index in [0.717, 1.165) is 12.2 Å². The van der Waals surface area contributed by atoms with Gasteiger partial charge in [-0.05, 0) is 29.8 Å². The minimum absolute atomic E-state index is 0.215. The second-order valence-electron chi connectivity index (χ2n) is 4.46. The lowest BCUT2D eigenvalue weighted by atomic mass is 10.2. The van der Waals surface area contributed by atoms with Crippen LogP contribution in [0.25, 0.3) is 5.69 Å². The van der Waals surface area contributed by atoms with Crippen molar-refractivity contribution in [3.8, 4) is 5.69 Å². The minimum atomic E-state index is -0.215. The zero-order chi connectivity index (χ0) is 13.1. The minimum Gasteiger partial charge on any atom is -0.232 e. The molecule has 2 aromatic carbocycles. The fraction of sp³-hybridized carbons (Fsp3) is 0.0625. The van der Waals surface area contributed by atoms with Gasteiger partial charge in [0.25, 0.3) is 0 Å². The Labute approximate surface area is 111 Å². The third kappa shape index (κ3) is 2.71. The van der Waals surface area contributed by atoms with Crippen molar-refractivity contribution in [2.24, 2.45) is 0 Å². The molecule has 2 nitrogen and oxygen atoms in total. The van der Waals surface area contributed by atoms with Crippen molar-refractivity contribution in [2.45, 2.75) is 6.54 Å². The number of rotatable bonds is 3. The average Bonchev–Trinajstić information content (AvgIpc) is 2.89. The van der Waals surface area contributed by atoms with Crippen molar-refractivity contribution < 1.29 is 8.96 Å². The quantitative estimate of drug-likeness (QED) is 0.635. The predicted octanol–water partition coefficient (Wildman–Crippen LogP) is 2.95. The fourth-order valence-electron chi connectivity index (χ4n) is 2.05. The molecule has 0 spiro atoms. The van der Waals surface area contributed by atoms with Crippen molar-refractivity contribution >= 4 is 0 Å². The van der Waals surface area contributed by atoms with E-state index in [1.807, 2.05) is 41.5 Å². The Kier molecular flexibility index (Phi) is 3.11. The van der Waals surface area contributed by atoms with E-state index in [-0.39, 0.29) is 5.82 Å². The highest BCUT2D eigenvalue weighted by molar-refractivity contribution is 5.30. The van der Waals surface area contributed by atoms with Crippen molar-refractivity contribution in [1.82, 2.24) is 4.57 Å². The highest BCUT2D eigenvalue weighted by atomic mass is 19.1. The van der Waals surface area contributed by atoms with Gasteiger partial charge in [-0.15, -0.1) is 0 Å². The average molecular weight is 253 g/mol. The van der Waals surface area contributed by atoms with Crippen LogP contribution in [0.2, 0.25) is 0 Å². The molecule has 3 aromatic rings. The van der Waals surface area contributed by atoms with Gasteiger partial charge in [-0.1, -0.05) is 30.3 Å². The van der Waals surface area contributed by atoms with Gasteiger partial charge in [0.2, 0.25) is 6.33 Å². The third-order valence-electron chi connectivity index (χ3n) is 3.02. The number of aromatic nitrogens is 2. The molecule has 19 heavy (non-hydrogen) atoms. The summed E-state index contributed by atoms with van der Waals surface area (Å²) in [7, 11) is 0. The van der Waals surface area contributed by atoms with Crippen LogP contribution in [0.15, 0.2) is 73.3 Å². The molecule has 0 unspecified atom stereocenters. The summed E-state index contributed by atoms with van der Waals surface area (Å²) in [4.78, 5) is 0. The smallest absolute Gasteiger partial charge is 0.232 e. The SMILES string of the molecule is Fc1ccc(-n2cc[n+](Cc3ccccc3)c2)cc1. The monoisotopic (exact) mass is 253 g/mol. The second-order valence-corrected chi connectivity index (χ2v) is 4.46. The van der Waals surface area contributed by atoms with Gasteiger partial charge >= 0.3 is 0 Å². The van der Waals surface area contributed by atoms with E-state index in [1.165, 1.54) is 17.7 Å². The highest BCUT2D eigenvalue weighted by Crippen LogP contribution is 2.07. The lowest BCUT2D eigenvalue weighted by Crippen LogP contribution is -2.31. The molecule has 3 heteroatoms. The van der Waals surface area contributed by atoms with Gasteiger partial charge in [-0.25, -0.2) is 13.5 Å². The van der Waals surface area contributed by atoms with E-state index in [2.05, 4.69) is 16.7 Å². The normalized spacial score (nSPS) is 10.6. The van der Waals surface area contributed by atoms with Gasteiger partial charge < -0.3 is 0 Å². The predicted molar refractivity (Wildman–Crippen MR) is 71.5 cm³/mol. The topological polar surface area (TPSA) is 8.81 Å². The Morgan fingerprint density at radius 3 is 2.42 bits per heavy atom. The molecule has 0 aliphatic carbocycles. The van der Waals surface area contributed by atoms with Crippen molar-refractivity contribution in [3.05, 3.63) is 84.7 Å². The number of nitrogens with zero attached hydrogens (tertiary/aromatic N) is 2. The van der Waals surface area contributed by atoms with E-state index < -0.39 is 0 Å². The molecule has 0 aliphatic rings. The van der Waals surface area contributed by atoms with Crippen LogP contribution in [0, 0.1) is 5.82 Å². The number of benzene rings is 2. The highest BCUT2D eigenvalue weighted by Gasteiger charge is 2.06. The largest absolute Gasteiger partial charge is 0.249 e. The van der Waals surface area contributed by atoms with Crippen LogP contribution in [0.4, 0.5) is 4.39 Å². The number of imidazole rings is 1. The van der Waals surface area contributed by atoms with Crippen LogP contribution in [0.1, 0.15) is 5.56 Å². The zero-order valence-corrected chi connectivity index (χ0v) is 10.4. The summed E-state index contributed by atoms with van der Waals surface area (Å²) in [6, 6.07) is 16.8.